The van der Waals surface area contributed by atoms with E-state index in [-0.39, 0.29) is 5.54 Å². The Bertz CT molecular complexity index is 437. The molecule has 0 saturated carbocycles. The molecule has 0 aliphatic carbocycles. The summed E-state index contributed by atoms with van der Waals surface area (Å²) in [6.45, 7) is 5.08. The summed E-state index contributed by atoms with van der Waals surface area (Å²) in [6.07, 6.45) is 2.26. The van der Waals surface area contributed by atoms with Crippen molar-refractivity contribution in [1.82, 2.24) is 4.90 Å². The third-order valence-corrected chi connectivity index (χ3v) is 5.02. The van der Waals surface area contributed by atoms with Gasteiger partial charge >= 0.3 is 0 Å². The summed E-state index contributed by atoms with van der Waals surface area (Å²) in [7, 11) is 4.29. The molecule has 3 nitrogen and oxygen atoms in total. The molecule has 1 aromatic rings. The van der Waals surface area contributed by atoms with Crippen LogP contribution in [-0.2, 0) is 0 Å². The van der Waals surface area contributed by atoms with Gasteiger partial charge in [-0.2, -0.15) is 0 Å². The first-order valence-corrected chi connectivity index (χ1v) is 7.66. The van der Waals surface area contributed by atoms with E-state index in [9.17, 15) is 0 Å². The fourth-order valence-electron chi connectivity index (χ4n) is 2.97. The van der Waals surface area contributed by atoms with E-state index in [4.69, 9.17) is 5.73 Å². The van der Waals surface area contributed by atoms with E-state index in [1.165, 1.54) is 11.3 Å². The van der Waals surface area contributed by atoms with Crippen LogP contribution in [0.3, 0.4) is 0 Å². The Labute approximate surface area is 124 Å². The molecule has 2 N–H and O–H groups in total. The van der Waals surface area contributed by atoms with Crippen LogP contribution in [0.5, 0.6) is 0 Å². The van der Waals surface area contributed by atoms with Gasteiger partial charge < -0.3 is 15.5 Å². The van der Waals surface area contributed by atoms with Crippen molar-refractivity contribution < 1.29 is 0 Å². The van der Waals surface area contributed by atoms with Gasteiger partial charge in [0.25, 0.3) is 0 Å². The smallest absolute Gasteiger partial charge is 0.0396 e. The number of hydrogen-bond donors (Lipinski definition) is 1. The number of piperidine rings is 1. The zero-order chi connectivity index (χ0) is 14.0. The number of likely N-dealkylation sites (N-methyl/N-ethyl adjacent to an activating group) is 1. The van der Waals surface area contributed by atoms with Crippen molar-refractivity contribution in [1.29, 1.82) is 0 Å². The number of nitrogens with two attached hydrogens (primary N) is 1. The SMILES string of the molecule is Cc1cc(Br)ccc1N1CCC(CN)(N(C)C)CC1. The highest BCUT2D eigenvalue weighted by Gasteiger charge is 2.35. The van der Waals surface area contributed by atoms with Gasteiger partial charge in [-0.05, 0) is 57.6 Å². The number of anilines is 1. The Hall–Kier alpha value is -0.580. The minimum Gasteiger partial charge on any atom is -0.371 e. The second kappa shape index (κ2) is 5.81. The lowest BCUT2D eigenvalue weighted by atomic mass is 9.86. The molecule has 0 spiro atoms. The molecule has 1 fully saturated rings. The van der Waals surface area contributed by atoms with Crippen LogP contribution in [0.25, 0.3) is 0 Å². The fourth-order valence-corrected chi connectivity index (χ4v) is 3.45. The monoisotopic (exact) mass is 325 g/mol. The summed E-state index contributed by atoms with van der Waals surface area (Å²) in [5, 5.41) is 0. The van der Waals surface area contributed by atoms with Crippen molar-refractivity contribution in [2.24, 2.45) is 5.73 Å². The first-order chi connectivity index (χ1) is 8.98. The Morgan fingerprint density at radius 2 is 1.95 bits per heavy atom. The zero-order valence-electron chi connectivity index (χ0n) is 12.1. The van der Waals surface area contributed by atoms with Gasteiger partial charge in [0, 0.05) is 35.3 Å². The number of benzene rings is 1. The van der Waals surface area contributed by atoms with Crippen molar-refractivity contribution in [3.63, 3.8) is 0 Å². The van der Waals surface area contributed by atoms with Gasteiger partial charge in [-0.1, -0.05) is 15.9 Å². The maximum absolute atomic E-state index is 6.01. The van der Waals surface area contributed by atoms with Crippen molar-refractivity contribution in [2.75, 3.05) is 38.6 Å². The van der Waals surface area contributed by atoms with Gasteiger partial charge in [0.2, 0.25) is 0 Å². The topological polar surface area (TPSA) is 32.5 Å². The molecule has 0 unspecified atom stereocenters. The molecule has 0 atom stereocenters. The average Bonchev–Trinajstić information content (AvgIpc) is 2.39. The fraction of sp³-hybridized carbons (Fsp3) is 0.600. The molecule has 1 aliphatic heterocycles. The lowest BCUT2D eigenvalue weighted by molar-refractivity contribution is 0.125. The lowest BCUT2D eigenvalue weighted by Crippen LogP contribution is -2.57. The van der Waals surface area contributed by atoms with Crippen LogP contribution in [0.4, 0.5) is 5.69 Å². The average molecular weight is 326 g/mol. The highest BCUT2D eigenvalue weighted by Crippen LogP contribution is 2.31. The Kier molecular flexibility index (Phi) is 4.54. The third kappa shape index (κ3) is 2.96. The summed E-state index contributed by atoms with van der Waals surface area (Å²) >= 11 is 3.53. The van der Waals surface area contributed by atoms with Crippen molar-refractivity contribution in [3.8, 4) is 0 Å². The number of aryl methyl sites for hydroxylation is 1. The summed E-state index contributed by atoms with van der Waals surface area (Å²) in [5.41, 5.74) is 8.87. The molecule has 0 radical (unpaired) electrons. The van der Waals surface area contributed by atoms with E-state index in [0.717, 1.165) is 36.9 Å². The van der Waals surface area contributed by atoms with Gasteiger partial charge in [0.15, 0.2) is 0 Å². The van der Waals surface area contributed by atoms with Crippen LogP contribution in [0, 0.1) is 6.92 Å². The second-order valence-corrected chi connectivity index (χ2v) is 6.66. The molecule has 0 aromatic heterocycles. The Balaban J connectivity index is 2.11. The normalized spacial score (nSPS) is 18.9. The van der Waals surface area contributed by atoms with Crippen LogP contribution in [0.1, 0.15) is 18.4 Å². The van der Waals surface area contributed by atoms with Gasteiger partial charge in [-0.3, -0.25) is 0 Å². The largest absolute Gasteiger partial charge is 0.371 e. The van der Waals surface area contributed by atoms with Crippen molar-refractivity contribution in [3.05, 3.63) is 28.2 Å². The maximum atomic E-state index is 6.01. The molecule has 1 aromatic carbocycles. The zero-order valence-corrected chi connectivity index (χ0v) is 13.7. The molecule has 19 heavy (non-hydrogen) atoms. The van der Waals surface area contributed by atoms with Crippen LogP contribution >= 0.6 is 15.9 Å². The van der Waals surface area contributed by atoms with Gasteiger partial charge in [-0.15, -0.1) is 0 Å². The molecule has 1 saturated heterocycles. The quantitative estimate of drug-likeness (QED) is 0.927. The van der Waals surface area contributed by atoms with Crippen molar-refractivity contribution >= 4 is 21.6 Å². The van der Waals surface area contributed by atoms with Crippen molar-refractivity contribution in [2.45, 2.75) is 25.3 Å². The standard InChI is InChI=1S/C15H24BrN3/c1-12-10-13(16)4-5-14(12)19-8-6-15(11-17,7-9-19)18(2)3/h4-5,10H,6-9,11,17H2,1-3H3. The predicted octanol–water partition coefficient (Wildman–Crippen LogP) is 2.62. The molecular weight excluding hydrogens is 302 g/mol. The first-order valence-electron chi connectivity index (χ1n) is 6.87. The molecule has 106 valence electrons. The molecular formula is C15H24BrN3. The first kappa shape index (κ1) is 14.8. The Morgan fingerprint density at radius 1 is 1.32 bits per heavy atom. The number of nitrogens with zero attached hydrogens (tertiary/aromatic N) is 2. The minimum atomic E-state index is 0.180. The predicted molar refractivity (Wildman–Crippen MR) is 85.8 cm³/mol. The number of hydrogen-bond acceptors (Lipinski definition) is 3. The van der Waals surface area contributed by atoms with E-state index in [1.807, 2.05) is 0 Å². The summed E-state index contributed by atoms with van der Waals surface area (Å²) in [4.78, 5) is 4.79. The highest BCUT2D eigenvalue weighted by atomic mass is 79.9. The maximum Gasteiger partial charge on any atom is 0.0396 e. The van der Waals surface area contributed by atoms with E-state index < -0.39 is 0 Å². The van der Waals surface area contributed by atoms with Gasteiger partial charge in [-0.25, -0.2) is 0 Å². The van der Waals surface area contributed by atoms with Gasteiger partial charge in [0.1, 0.15) is 0 Å². The van der Waals surface area contributed by atoms with Gasteiger partial charge in [0.05, 0.1) is 0 Å². The van der Waals surface area contributed by atoms with E-state index in [2.05, 4.69) is 64.9 Å². The molecule has 0 bridgehead atoms. The molecule has 4 heteroatoms. The Morgan fingerprint density at radius 3 is 2.42 bits per heavy atom. The van der Waals surface area contributed by atoms with Crippen LogP contribution < -0.4 is 10.6 Å². The molecule has 1 heterocycles. The van der Waals surface area contributed by atoms with E-state index >= 15 is 0 Å². The highest BCUT2D eigenvalue weighted by molar-refractivity contribution is 9.10. The number of halogens is 1. The summed E-state index contributed by atoms with van der Waals surface area (Å²) < 4.78 is 1.15. The lowest BCUT2D eigenvalue weighted by Gasteiger charge is -2.46. The number of rotatable bonds is 3. The van der Waals surface area contributed by atoms with Crippen LogP contribution in [0.15, 0.2) is 22.7 Å². The summed E-state index contributed by atoms with van der Waals surface area (Å²) in [6, 6.07) is 6.52. The second-order valence-electron chi connectivity index (χ2n) is 5.74. The minimum absolute atomic E-state index is 0.180. The van der Waals surface area contributed by atoms with Crippen LogP contribution in [-0.4, -0.2) is 44.2 Å². The summed E-state index contributed by atoms with van der Waals surface area (Å²) in [5.74, 6) is 0. The molecule has 0 amide bonds. The third-order valence-electron chi connectivity index (χ3n) is 4.52. The van der Waals surface area contributed by atoms with Crippen LogP contribution in [0.2, 0.25) is 0 Å². The van der Waals surface area contributed by atoms with E-state index in [0.29, 0.717) is 0 Å². The molecule has 1 aliphatic rings. The van der Waals surface area contributed by atoms with E-state index in [1.54, 1.807) is 0 Å². The molecule has 2 rings (SSSR count).